The van der Waals surface area contributed by atoms with Gasteiger partial charge in [-0.3, -0.25) is 0 Å². The topological polar surface area (TPSA) is 65.3 Å². The third-order valence-corrected chi connectivity index (χ3v) is 2.51. The van der Waals surface area contributed by atoms with Crippen molar-refractivity contribution in [3.63, 3.8) is 0 Å². The zero-order chi connectivity index (χ0) is 9.90. The first kappa shape index (κ1) is 17.6. The standard InChI is InChI=1S/C8H8NO3S.Li.Na/c1-7(10)9-13(11,12)8-5-3-2-4-6-8;;/h2-5H,1H3,(H,9,10);;/q-1;2*+1/p-1. The number of hydrogen-bond acceptors (Lipinski definition) is 3. The van der Waals surface area contributed by atoms with Crippen molar-refractivity contribution in [2.24, 2.45) is 0 Å². The van der Waals surface area contributed by atoms with Crippen molar-refractivity contribution in [3.05, 3.63) is 35.1 Å². The molecule has 1 aromatic carbocycles. The Bertz CT molecular complexity index is 407. The van der Waals surface area contributed by atoms with Gasteiger partial charge in [-0.25, -0.2) is 8.42 Å². The van der Waals surface area contributed by atoms with E-state index >= 15 is 0 Å². The normalized spacial score (nSPS) is 9.40. The summed E-state index contributed by atoms with van der Waals surface area (Å²) in [6, 6.07) is 8.43. The Morgan fingerprint density at radius 3 is 2.40 bits per heavy atom. The molecule has 0 aliphatic carbocycles. The van der Waals surface area contributed by atoms with E-state index in [1.54, 1.807) is 12.1 Å². The molecular weight excluding hydrogens is 220 g/mol. The second-order valence-electron chi connectivity index (χ2n) is 2.31. The molecule has 0 spiro atoms. The Balaban J connectivity index is 0. The third kappa shape index (κ3) is 5.76. The van der Waals surface area contributed by atoms with E-state index in [4.69, 9.17) is 0 Å². The SMILES string of the molecule is CC(=O)[N-]S(=O)(=O)c1[c-]cccc1.[Li+].[Na+]. The van der Waals surface area contributed by atoms with Crippen LogP contribution in [0, 0.1) is 6.07 Å². The van der Waals surface area contributed by atoms with E-state index in [-0.39, 0.29) is 53.3 Å². The predicted octanol–water partition coefficient (Wildman–Crippen LogP) is -4.90. The van der Waals surface area contributed by atoms with Gasteiger partial charge < -0.3 is 9.52 Å². The Morgan fingerprint density at radius 1 is 1.40 bits per heavy atom. The first-order valence-corrected chi connectivity index (χ1v) is 4.92. The predicted molar refractivity (Wildman–Crippen MR) is 46.5 cm³/mol. The number of rotatable bonds is 2. The Hall–Kier alpha value is 0.237. The van der Waals surface area contributed by atoms with Crippen molar-refractivity contribution in [2.75, 3.05) is 0 Å². The Morgan fingerprint density at radius 2 is 2.00 bits per heavy atom. The van der Waals surface area contributed by atoms with Crippen molar-refractivity contribution in [3.8, 4) is 0 Å². The summed E-state index contributed by atoms with van der Waals surface area (Å²) in [4.78, 5) is 10.4. The Kier molecular flexibility index (Phi) is 8.81. The van der Waals surface area contributed by atoms with Crippen LogP contribution in [0.1, 0.15) is 6.92 Å². The van der Waals surface area contributed by atoms with Gasteiger partial charge in [-0.2, -0.15) is 30.3 Å². The fraction of sp³-hybridized carbons (Fsp3) is 0.125. The minimum atomic E-state index is -3.84. The fourth-order valence-electron chi connectivity index (χ4n) is 0.756. The molecule has 70 valence electrons. The van der Waals surface area contributed by atoms with Gasteiger partial charge in [0.2, 0.25) is 0 Å². The van der Waals surface area contributed by atoms with Crippen LogP contribution < -0.4 is 48.4 Å². The van der Waals surface area contributed by atoms with Crippen LogP contribution in [-0.2, 0) is 14.8 Å². The molecular formula is C8H7LiNNaO3S. The molecule has 1 aromatic rings. The number of nitrogens with zero attached hydrogens (tertiary/aromatic N) is 1. The van der Waals surface area contributed by atoms with E-state index in [1.165, 1.54) is 12.1 Å². The van der Waals surface area contributed by atoms with Gasteiger partial charge in [0.25, 0.3) is 0 Å². The summed E-state index contributed by atoms with van der Waals surface area (Å²) in [6.07, 6.45) is 0. The van der Waals surface area contributed by atoms with E-state index in [0.29, 0.717) is 0 Å². The molecule has 0 aliphatic rings. The second kappa shape index (κ2) is 7.50. The average molecular weight is 227 g/mol. The van der Waals surface area contributed by atoms with E-state index in [0.717, 1.165) is 6.92 Å². The smallest absolute Gasteiger partial charge is 0.544 e. The van der Waals surface area contributed by atoms with E-state index in [9.17, 15) is 13.2 Å². The van der Waals surface area contributed by atoms with Crippen molar-refractivity contribution < 1.29 is 61.6 Å². The first-order chi connectivity index (χ1) is 6.02. The zero-order valence-electron chi connectivity index (χ0n) is 8.89. The molecule has 4 nitrogen and oxygen atoms in total. The average Bonchev–Trinajstić information content (AvgIpc) is 2.04. The van der Waals surface area contributed by atoms with Crippen LogP contribution in [0.15, 0.2) is 29.2 Å². The number of sulfonamides is 1. The molecule has 0 aliphatic heterocycles. The number of carbonyl (C=O) groups excluding carboxylic acids is 1. The maximum Gasteiger partial charge on any atom is 1.00 e. The quantitative estimate of drug-likeness (QED) is 0.376. The first-order valence-electron chi connectivity index (χ1n) is 3.48. The van der Waals surface area contributed by atoms with Crippen molar-refractivity contribution in [2.45, 2.75) is 11.8 Å². The maximum atomic E-state index is 11.2. The molecule has 0 unspecified atom stereocenters. The van der Waals surface area contributed by atoms with Crippen LogP contribution in [0.5, 0.6) is 0 Å². The maximum absolute atomic E-state index is 11.2. The molecule has 15 heavy (non-hydrogen) atoms. The van der Waals surface area contributed by atoms with Crippen LogP contribution in [0.25, 0.3) is 4.72 Å². The van der Waals surface area contributed by atoms with Crippen molar-refractivity contribution in [1.29, 1.82) is 0 Å². The molecule has 0 aromatic heterocycles. The molecule has 7 heteroatoms. The van der Waals surface area contributed by atoms with Gasteiger partial charge >= 0.3 is 48.4 Å². The van der Waals surface area contributed by atoms with Gasteiger partial charge in [0.05, 0.1) is 5.91 Å². The summed E-state index contributed by atoms with van der Waals surface area (Å²) < 4.78 is 25.4. The van der Waals surface area contributed by atoms with Gasteiger partial charge in [-0.1, -0.05) is 4.90 Å². The molecule has 1 amide bonds. The molecule has 0 radical (unpaired) electrons. The summed E-state index contributed by atoms with van der Waals surface area (Å²) in [7, 11) is -3.84. The molecule has 0 fully saturated rings. The number of amides is 1. The molecule has 0 heterocycles. The van der Waals surface area contributed by atoms with Crippen LogP contribution in [0.4, 0.5) is 0 Å². The summed E-state index contributed by atoms with van der Waals surface area (Å²) in [5.74, 6) is -0.739. The van der Waals surface area contributed by atoms with Gasteiger partial charge in [0.1, 0.15) is 10.0 Å². The van der Waals surface area contributed by atoms with Crippen LogP contribution >= 0.6 is 0 Å². The van der Waals surface area contributed by atoms with E-state index in [2.05, 4.69) is 10.8 Å². The molecule has 0 bridgehead atoms. The third-order valence-electron chi connectivity index (χ3n) is 1.21. The summed E-state index contributed by atoms with van der Waals surface area (Å²) in [5, 5.41) is 0. The van der Waals surface area contributed by atoms with Crippen molar-refractivity contribution in [1.82, 2.24) is 0 Å². The second-order valence-corrected chi connectivity index (χ2v) is 3.88. The Labute approximate surface area is 123 Å². The van der Waals surface area contributed by atoms with E-state index < -0.39 is 15.9 Å². The van der Waals surface area contributed by atoms with Gasteiger partial charge in [0, 0.05) is 0 Å². The molecule has 0 saturated carbocycles. The number of hydrogen-bond donors (Lipinski definition) is 0. The van der Waals surface area contributed by atoms with Gasteiger partial charge in [-0.15, -0.1) is 0 Å². The van der Waals surface area contributed by atoms with Gasteiger partial charge in [-0.05, 0) is 6.92 Å². The van der Waals surface area contributed by atoms with Crippen LogP contribution in [0.3, 0.4) is 0 Å². The molecule has 1 rings (SSSR count). The minimum Gasteiger partial charge on any atom is -0.544 e. The summed E-state index contributed by atoms with van der Waals surface area (Å²) >= 11 is 0. The number of benzene rings is 1. The largest absolute Gasteiger partial charge is 1.00 e. The van der Waals surface area contributed by atoms with Crippen LogP contribution in [-0.4, -0.2) is 14.3 Å². The van der Waals surface area contributed by atoms with E-state index in [1.807, 2.05) is 0 Å². The fourth-order valence-corrected chi connectivity index (χ4v) is 1.66. The van der Waals surface area contributed by atoms with Crippen molar-refractivity contribution >= 4 is 15.9 Å². The monoisotopic (exact) mass is 227 g/mol. The number of carbonyl (C=O) groups is 1. The molecule has 0 N–H and O–H groups in total. The summed E-state index contributed by atoms with van der Waals surface area (Å²) in [5.41, 5.74) is 0. The zero-order valence-corrected chi connectivity index (χ0v) is 11.7. The molecule has 0 saturated heterocycles. The van der Waals surface area contributed by atoms with Crippen LogP contribution in [0.2, 0.25) is 0 Å². The van der Waals surface area contributed by atoms with Gasteiger partial charge in [0.15, 0.2) is 0 Å². The summed E-state index contributed by atoms with van der Waals surface area (Å²) in [6.45, 7) is 1.08. The molecule has 0 atom stereocenters. The minimum absolute atomic E-state index is 0.